The van der Waals surface area contributed by atoms with Gasteiger partial charge in [0.25, 0.3) is 5.28 Å². The Hall–Kier alpha value is -0.610. The third-order valence-corrected chi connectivity index (χ3v) is 2.65. The Kier molecular flexibility index (Phi) is 3.03. The van der Waals surface area contributed by atoms with Crippen LogP contribution < -0.4 is 0 Å². The number of halogens is 1. The first-order valence-electron chi connectivity index (χ1n) is 4.87. The molecule has 4 nitrogen and oxygen atoms in total. The second kappa shape index (κ2) is 4.28. The van der Waals surface area contributed by atoms with Crippen LogP contribution >= 0.6 is 11.6 Å². The zero-order chi connectivity index (χ0) is 9.97. The van der Waals surface area contributed by atoms with Gasteiger partial charge in [0.15, 0.2) is 0 Å². The molecule has 0 N–H and O–H groups in total. The maximum atomic E-state index is 5.54. The number of ether oxygens (including phenoxy) is 1. The van der Waals surface area contributed by atoms with E-state index in [0.29, 0.717) is 17.9 Å². The molecule has 0 unspecified atom stereocenters. The van der Waals surface area contributed by atoms with Gasteiger partial charge in [0.05, 0.1) is 6.10 Å². The van der Waals surface area contributed by atoms with Crippen molar-refractivity contribution in [1.29, 1.82) is 0 Å². The van der Waals surface area contributed by atoms with Crippen molar-refractivity contribution in [3.05, 3.63) is 11.2 Å². The van der Waals surface area contributed by atoms with Crippen molar-refractivity contribution in [2.45, 2.75) is 32.3 Å². The molecule has 1 aromatic heterocycles. The molecule has 1 saturated carbocycles. The molecule has 0 amide bonds. The molecule has 1 aromatic rings. The van der Waals surface area contributed by atoms with E-state index in [2.05, 4.69) is 10.1 Å². The van der Waals surface area contributed by atoms with Gasteiger partial charge in [-0.2, -0.15) is 4.98 Å². The minimum absolute atomic E-state index is 0.195. The Labute approximate surface area is 87.6 Å². The maximum absolute atomic E-state index is 5.54. The van der Waals surface area contributed by atoms with Gasteiger partial charge in [-0.1, -0.05) is 0 Å². The van der Waals surface area contributed by atoms with Gasteiger partial charge in [0.1, 0.15) is 0 Å². The van der Waals surface area contributed by atoms with E-state index in [1.54, 1.807) is 0 Å². The first kappa shape index (κ1) is 9.93. The average Bonchev–Trinajstić information content (AvgIpc) is 2.48. The van der Waals surface area contributed by atoms with Crippen LogP contribution in [-0.4, -0.2) is 22.9 Å². The molecule has 1 aliphatic carbocycles. The molecule has 0 saturated heterocycles. The topological polar surface area (TPSA) is 48.2 Å². The van der Waals surface area contributed by atoms with Crippen molar-refractivity contribution in [2.75, 3.05) is 6.61 Å². The van der Waals surface area contributed by atoms with Crippen molar-refractivity contribution >= 4 is 11.6 Å². The summed E-state index contributed by atoms with van der Waals surface area (Å²) in [6.45, 7) is 2.81. The monoisotopic (exact) mass is 216 g/mol. The minimum atomic E-state index is 0.195. The number of hydrogen-bond donors (Lipinski definition) is 0. The molecule has 14 heavy (non-hydrogen) atoms. The molecule has 0 bridgehead atoms. The van der Waals surface area contributed by atoms with Gasteiger partial charge in [0.2, 0.25) is 5.89 Å². The van der Waals surface area contributed by atoms with Gasteiger partial charge in [-0.15, -0.1) is 0 Å². The van der Waals surface area contributed by atoms with Crippen molar-refractivity contribution < 1.29 is 9.26 Å². The zero-order valence-electron chi connectivity index (χ0n) is 8.07. The molecule has 1 aliphatic rings. The van der Waals surface area contributed by atoms with E-state index in [1.165, 1.54) is 0 Å². The summed E-state index contributed by atoms with van der Waals surface area (Å²) in [6, 6.07) is 0. The third-order valence-electron chi connectivity index (χ3n) is 2.50. The van der Waals surface area contributed by atoms with Crippen LogP contribution in [0, 0.1) is 5.92 Å². The van der Waals surface area contributed by atoms with E-state index >= 15 is 0 Å². The fourth-order valence-electron chi connectivity index (χ4n) is 1.78. The van der Waals surface area contributed by atoms with Crippen LogP contribution in [0.2, 0.25) is 5.28 Å². The first-order chi connectivity index (χ1) is 6.78. The number of nitrogens with zero attached hydrogens (tertiary/aromatic N) is 2. The Bertz CT molecular complexity index is 297. The highest BCUT2D eigenvalue weighted by Gasteiger charge is 2.30. The molecule has 0 atom stereocenters. The smallest absolute Gasteiger partial charge is 0.263 e. The van der Waals surface area contributed by atoms with Crippen LogP contribution in [0.15, 0.2) is 4.52 Å². The van der Waals surface area contributed by atoms with Crippen molar-refractivity contribution in [1.82, 2.24) is 10.1 Å². The summed E-state index contributed by atoms with van der Waals surface area (Å²) in [4.78, 5) is 3.95. The summed E-state index contributed by atoms with van der Waals surface area (Å²) in [5.41, 5.74) is 0. The lowest BCUT2D eigenvalue weighted by Crippen LogP contribution is -2.32. The fourth-order valence-corrected chi connectivity index (χ4v) is 1.91. The number of hydrogen-bond acceptors (Lipinski definition) is 4. The van der Waals surface area contributed by atoms with E-state index in [-0.39, 0.29) is 5.28 Å². The van der Waals surface area contributed by atoms with E-state index in [9.17, 15) is 0 Å². The van der Waals surface area contributed by atoms with Gasteiger partial charge >= 0.3 is 0 Å². The van der Waals surface area contributed by atoms with Gasteiger partial charge < -0.3 is 9.26 Å². The van der Waals surface area contributed by atoms with Crippen molar-refractivity contribution in [2.24, 2.45) is 5.92 Å². The molecule has 1 fully saturated rings. The van der Waals surface area contributed by atoms with Crippen molar-refractivity contribution in [3.63, 3.8) is 0 Å². The lowest BCUT2D eigenvalue weighted by molar-refractivity contribution is -0.0258. The highest BCUT2D eigenvalue weighted by molar-refractivity contribution is 6.28. The lowest BCUT2D eigenvalue weighted by Gasteiger charge is -2.33. The van der Waals surface area contributed by atoms with Crippen LogP contribution in [0.1, 0.15) is 25.7 Å². The fraction of sp³-hybridized carbons (Fsp3) is 0.778. The summed E-state index contributed by atoms with van der Waals surface area (Å²) >= 11 is 5.54. The average molecular weight is 217 g/mol. The van der Waals surface area contributed by atoms with Crippen LogP contribution in [0.5, 0.6) is 0 Å². The summed E-state index contributed by atoms with van der Waals surface area (Å²) in [6.07, 6.45) is 3.44. The first-order valence-corrected chi connectivity index (χ1v) is 5.25. The molecular weight excluding hydrogens is 204 g/mol. The Morgan fingerprint density at radius 1 is 1.57 bits per heavy atom. The predicted molar refractivity (Wildman–Crippen MR) is 51.2 cm³/mol. The molecule has 0 radical (unpaired) electrons. The largest absolute Gasteiger partial charge is 0.378 e. The van der Waals surface area contributed by atoms with Gasteiger partial charge in [-0.05, 0) is 42.4 Å². The molecule has 5 heteroatoms. The minimum Gasteiger partial charge on any atom is -0.378 e. The van der Waals surface area contributed by atoms with E-state index in [0.717, 1.165) is 25.9 Å². The number of rotatable bonds is 4. The molecule has 0 aliphatic heterocycles. The van der Waals surface area contributed by atoms with Crippen LogP contribution in [0.3, 0.4) is 0 Å². The highest BCUT2D eigenvalue weighted by atomic mass is 35.5. The van der Waals surface area contributed by atoms with Gasteiger partial charge in [-0.3, -0.25) is 0 Å². The molecule has 78 valence electrons. The summed E-state index contributed by atoms with van der Waals surface area (Å²) < 4.78 is 10.4. The summed E-state index contributed by atoms with van der Waals surface area (Å²) in [5.74, 6) is 1.25. The molecule has 2 rings (SSSR count). The normalized spacial score (nSPS) is 26.1. The second-order valence-corrected chi connectivity index (χ2v) is 3.91. The lowest BCUT2D eigenvalue weighted by atomic mass is 9.80. The molecule has 0 spiro atoms. The highest BCUT2D eigenvalue weighted by Crippen LogP contribution is 2.32. The SMILES string of the molecule is CCOC1CC(Cc2nc(Cl)no2)C1. The quantitative estimate of drug-likeness (QED) is 0.773. The number of aromatic nitrogens is 2. The molecule has 0 aromatic carbocycles. The maximum Gasteiger partial charge on any atom is 0.263 e. The van der Waals surface area contributed by atoms with Gasteiger partial charge in [-0.25, -0.2) is 0 Å². The Morgan fingerprint density at radius 3 is 2.93 bits per heavy atom. The van der Waals surface area contributed by atoms with Crippen LogP contribution in [-0.2, 0) is 11.2 Å². The molecular formula is C9H13ClN2O2. The van der Waals surface area contributed by atoms with Crippen LogP contribution in [0.25, 0.3) is 0 Å². The van der Waals surface area contributed by atoms with Gasteiger partial charge in [0, 0.05) is 13.0 Å². The van der Waals surface area contributed by atoms with E-state index in [1.807, 2.05) is 6.92 Å². The zero-order valence-corrected chi connectivity index (χ0v) is 8.83. The third kappa shape index (κ3) is 2.25. The van der Waals surface area contributed by atoms with E-state index in [4.69, 9.17) is 20.9 Å². The summed E-state index contributed by atoms with van der Waals surface area (Å²) in [5, 5.41) is 3.73. The standard InChI is InChI=1S/C9H13ClN2O2/c1-2-13-7-3-6(4-7)5-8-11-9(10)12-14-8/h6-7H,2-5H2,1H3. The molecule has 1 heterocycles. The predicted octanol–water partition coefficient (Wildman–Crippen LogP) is 2.08. The van der Waals surface area contributed by atoms with E-state index < -0.39 is 0 Å². The second-order valence-electron chi connectivity index (χ2n) is 3.58. The van der Waals surface area contributed by atoms with Crippen LogP contribution in [0.4, 0.5) is 0 Å². The summed E-state index contributed by atoms with van der Waals surface area (Å²) in [7, 11) is 0. The Balaban J connectivity index is 1.74. The Morgan fingerprint density at radius 2 is 2.36 bits per heavy atom. The van der Waals surface area contributed by atoms with Crippen molar-refractivity contribution in [3.8, 4) is 0 Å².